The van der Waals surface area contributed by atoms with Crippen molar-refractivity contribution >= 4 is 0 Å². The van der Waals surface area contributed by atoms with Gasteiger partial charge in [0.1, 0.15) is 5.82 Å². The third-order valence-corrected chi connectivity index (χ3v) is 3.09. The maximum absolute atomic E-state index is 5.55. The zero-order valence-electron chi connectivity index (χ0n) is 11.3. The first kappa shape index (κ1) is 12.8. The van der Waals surface area contributed by atoms with Gasteiger partial charge >= 0.3 is 0 Å². The molecule has 0 spiro atoms. The van der Waals surface area contributed by atoms with Crippen molar-refractivity contribution in [1.29, 1.82) is 0 Å². The number of benzene rings is 1. The molecule has 0 fully saturated rings. The van der Waals surface area contributed by atoms with Gasteiger partial charge in [-0.3, -0.25) is 0 Å². The first-order chi connectivity index (χ1) is 8.49. The average molecular weight is 243 g/mol. The first-order valence-corrected chi connectivity index (χ1v) is 6.31. The Labute approximate surface area is 108 Å². The summed E-state index contributed by atoms with van der Waals surface area (Å²) in [6.45, 7) is 7.18. The van der Waals surface area contributed by atoms with Crippen molar-refractivity contribution in [2.24, 2.45) is 5.73 Å². The van der Waals surface area contributed by atoms with Gasteiger partial charge in [-0.25, -0.2) is 4.98 Å². The van der Waals surface area contributed by atoms with Crippen molar-refractivity contribution in [3.8, 4) is 0 Å². The van der Waals surface area contributed by atoms with E-state index in [9.17, 15) is 0 Å². The lowest BCUT2D eigenvalue weighted by molar-refractivity contribution is 0.590. The lowest BCUT2D eigenvalue weighted by Gasteiger charge is -2.19. The van der Waals surface area contributed by atoms with Crippen LogP contribution in [0.25, 0.3) is 0 Å². The molecular formula is C15H21N3. The van der Waals surface area contributed by atoms with Crippen molar-refractivity contribution in [3.05, 3.63) is 53.1 Å². The third kappa shape index (κ3) is 2.99. The van der Waals surface area contributed by atoms with Crippen LogP contribution in [0.15, 0.2) is 30.5 Å². The molecule has 0 saturated heterocycles. The van der Waals surface area contributed by atoms with Crippen LogP contribution in [0.2, 0.25) is 0 Å². The number of nitrogens with one attached hydrogen (secondary N) is 1. The van der Waals surface area contributed by atoms with Crippen molar-refractivity contribution in [1.82, 2.24) is 9.97 Å². The molecule has 0 atom stereocenters. The molecule has 0 bridgehead atoms. The zero-order chi connectivity index (χ0) is 13.2. The topological polar surface area (TPSA) is 54.7 Å². The quantitative estimate of drug-likeness (QED) is 0.871. The molecule has 0 aliphatic carbocycles. The van der Waals surface area contributed by atoms with Crippen LogP contribution in [0.5, 0.6) is 0 Å². The highest BCUT2D eigenvalue weighted by molar-refractivity contribution is 5.29. The Morgan fingerprint density at radius 1 is 1.17 bits per heavy atom. The number of nitrogens with zero attached hydrogens (tertiary/aromatic N) is 1. The van der Waals surface area contributed by atoms with E-state index < -0.39 is 0 Å². The van der Waals surface area contributed by atoms with E-state index in [1.54, 1.807) is 6.20 Å². The largest absolute Gasteiger partial charge is 0.345 e. The Balaban J connectivity index is 2.11. The van der Waals surface area contributed by atoms with E-state index in [2.05, 4.69) is 55.0 Å². The normalized spacial score (nSPS) is 11.8. The lowest BCUT2D eigenvalue weighted by atomic mass is 9.86. The van der Waals surface area contributed by atoms with Crippen molar-refractivity contribution in [2.75, 3.05) is 0 Å². The van der Waals surface area contributed by atoms with E-state index in [0.717, 1.165) is 17.9 Å². The second kappa shape index (κ2) is 4.94. The molecule has 18 heavy (non-hydrogen) atoms. The summed E-state index contributed by atoms with van der Waals surface area (Å²) in [6.07, 6.45) is 2.63. The fourth-order valence-corrected chi connectivity index (χ4v) is 1.92. The average Bonchev–Trinajstić information content (AvgIpc) is 2.76. The van der Waals surface area contributed by atoms with E-state index >= 15 is 0 Å². The minimum atomic E-state index is 0.204. The van der Waals surface area contributed by atoms with Gasteiger partial charge in [0.15, 0.2) is 0 Å². The summed E-state index contributed by atoms with van der Waals surface area (Å²) >= 11 is 0. The predicted octanol–water partition coefficient (Wildman–Crippen LogP) is 2.76. The molecule has 3 nitrogen and oxygen atoms in total. The van der Waals surface area contributed by atoms with Gasteiger partial charge in [-0.05, 0) is 16.5 Å². The van der Waals surface area contributed by atoms with E-state index in [1.165, 1.54) is 11.1 Å². The fourth-order valence-electron chi connectivity index (χ4n) is 1.92. The van der Waals surface area contributed by atoms with Crippen LogP contribution in [-0.4, -0.2) is 9.97 Å². The number of hydrogen-bond acceptors (Lipinski definition) is 2. The summed E-state index contributed by atoms with van der Waals surface area (Å²) in [7, 11) is 0. The minimum absolute atomic E-state index is 0.204. The second-order valence-corrected chi connectivity index (χ2v) is 5.68. The van der Waals surface area contributed by atoms with Gasteiger partial charge < -0.3 is 10.7 Å². The third-order valence-electron chi connectivity index (χ3n) is 3.09. The molecule has 0 saturated carbocycles. The maximum Gasteiger partial charge on any atom is 0.110 e. The Bertz CT molecular complexity index is 503. The standard InChI is InChI=1S/C15H21N3/c1-15(2,3)12-6-4-11(5-7-12)8-14-17-10-13(9-16)18-14/h4-7,10H,8-9,16H2,1-3H3,(H,17,18). The highest BCUT2D eigenvalue weighted by atomic mass is 14.9. The van der Waals surface area contributed by atoms with Crippen LogP contribution in [-0.2, 0) is 18.4 Å². The van der Waals surface area contributed by atoms with Crippen LogP contribution >= 0.6 is 0 Å². The van der Waals surface area contributed by atoms with Gasteiger partial charge in [0.05, 0.1) is 0 Å². The Kier molecular flexibility index (Phi) is 3.53. The Morgan fingerprint density at radius 2 is 1.83 bits per heavy atom. The number of H-pyrrole nitrogens is 1. The number of rotatable bonds is 3. The van der Waals surface area contributed by atoms with E-state index in [4.69, 9.17) is 5.73 Å². The molecule has 3 N–H and O–H groups in total. The van der Waals surface area contributed by atoms with Crippen LogP contribution in [0.4, 0.5) is 0 Å². The van der Waals surface area contributed by atoms with Gasteiger partial charge in [-0.2, -0.15) is 0 Å². The summed E-state index contributed by atoms with van der Waals surface area (Å²) in [5.41, 5.74) is 9.36. The number of nitrogens with two attached hydrogens (primary N) is 1. The van der Waals surface area contributed by atoms with E-state index in [0.29, 0.717) is 6.54 Å². The molecule has 0 unspecified atom stereocenters. The molecule has 0 radical (unpaired) electrons. The molecular weight excluding hydrogens is 222 g/mol. The predicted molar refractivity (Wildman–Crippen MR) is 74.4 cm³/mol. The summed E-state index contributed by atoms with van der Waals surface area (Å²) in [5, 5.41) is 0. The van der Waals surface area contributed by atoms with Crippen LogP contribution in [0.3, 0.4) is 0 Å². The van der Waals surface area contributed by atoms with Crippen LogP contribution in [0.1, 0.15) is 43.4 Å². The van der Waals surface area contributed by atoms with E-state index in [1.807, 2.05) is 0 Å². The second-order valence-electron chi connectivity index (χ2n) is 5.68. The van der Waals surface area contributed by atoms with Gasteiger partial charge in [0.25, 0.3) is 0 Å². The van der Waals surface area contributed by atoms with E-state index in [-0.39, 0.29) is 5.41 Å². The highest BCUT2D eigenvalue weighted by Crippen LogP contribution is 2.22. The molecule has 1 aromatic carbocycles. The van der Waals surface area contributed by atoms with Crippen LogP contribution < -0.4 is 5.73 Å². The first-order valence-electron chi connectivity index (χ1n) is 6.31. The number of aromatic nitrogens is 2. The smallest absolute Gasteiger partial charge is 0.110 e. The molecule has 2 aromatic rings. The Morgan fingerprint density at radius 3 is 2.33 bits per heavy atom. The number of aromatic amines is 1. The monoisotopic (exact) mass is 243 g/mol. The maximum atomic E-state index is 5.55. The van der Waals surface area contributed by atoms with Crippen molar-refractivity contribution in [3.63, 3.8) is 0 Å². The van der Waals surface area contributed by atoms with Crippen LogP contribution in [0, 0.1) is 0 Å². The SMILES string of the molecule is CC(C)(C)c1ccc(Cc2ncc(CN)[nH]2)cc1. The fraction of sp³-hybridized carbons (Fsp3) is 0.400. The minimum Gasteiger partial charge on any atom is -0.345 e. The van der Waals surface area contributed by atoms with Crippen molar-refractivity contribution in [2.45, 2.75) is 39.2 Å². The molecule has 1 heterocycles. The summed E-state index contributed by atoms with van der Waals surface area (Å²) in [4.78, 5) is 7.54. The van der Waals surface area contributed by atoms with Crippen molar-refractivity contribution < 1.29 is 0 Å². The van der Waals surface area contributed by atoms with Gasteiger partial charge in [0, 0.05) is 24.9 Å². The summed E-state index contributed by atoms with van der Waals surface area (Å²) in [5.74, 6) is 0.971. The summed E-state index contributed by atoms with van der Waals surface area (Å²) in [6, 6.07) is 8.74. The lowest BCUT2D eigenvalue weighted by Crippen LogP contribution is -2.10. The molecule has 96 valence electrons. The highest BCUT2D eigenvalue weighted by Gasteiger charge is 2.12. The molecule has 2 rings (SSSR count). The molecule has 0 aliphatic rings. The van der Waals surface area contributed by atoms with Gasteiger partial charge in [-0.1, -0.05) is 45.0 Å². The number of hydrogen-bond donors (Lipinski definition) is 2. The summed E-state index contributed by atoms with van der Waals surface area (Å²) < 4.78 is 0. The van der Waals surface area contributed by atoms with Gasteiger partial charge in [-0.15, -0.1) is 0 Å². The molecule has 3 heteroatoms. The molecule has 0 aliphatic heterocycles. The molecule has 1 aromatic heterocycles. The molecule has 0 amide bonds. The number of imidazole rings is 1. The Hall–Kier alpha value is -1.61. The van der Waals surface area contributed by atoms with Gasteiger partial charge in [0.2, 0.25) is 0 Å². The zero-order valence-corrected chi connectivity index (χ0v) is 11.3.